The molecule has 3 rings (SSSR count). The summed E-state index contributed by atoms with van der Waals surface area (Å²) >= 11 is 0. The number of amides is 2. The third-order valence-electron chi connectivity index (χ3n) is 3.74. The number of aryl methyl sites for hydroxylation is 2. The molecule has 0 spiro atoms. The van der Waals surface area contributed by atoms with Gasteiger partial charge < -0.3 is 4.57 Å². The van der Waals surface area contributed by atoms with Crippen LogP contribution in [0, 0.1) is 13.8 Å². The van der Waals surface area contributed by atoms with Crippen molar-refractivity contribution in [1.29, 1.82) is 0 Å². The zero-order chi connectivity index (χ0) is 17.8. The van der Waals surface area contributed by atoms with Crippen LogP contribution in [0.2, 0.25) is 0 Å². The van der Waals surface area contributed by atoms with Crippen LogP contribution in [0.15, 0.2) is 54.9 Å². The zero-order valence-electron chi connectivity index (χ0n) is 14.1. The Morgan fingerprint density at radius 2 is 1.72 bits per heavy atom. The fourth-order valence-electron chi connectivity index (χ4n) is 2.50. The van der Waals surface area contributed by atoms with Gasteiger partial charge in [-0.3, -0.25) is 25.1 Å². The number of carbonyl (C=O) groups excluding carboxylic acids is 2. The van der Waals surface area contributed by atoms with Crippen molar-refractivity contribution in [2.45, 2.75) is 20.4 Å². The van der Waals surface area contributed by atoms with Crippen molar-refractivity contribution in [2.75, 3.05) is 0 Å². The number of rotatable bonds is 4. The summed E-state index contributed by atoms with van der Waals surface area (Å²) in [5.74, 6) is -0.718. The highest BCUT2D eigenvalue weighted by Gasteiger charge is 2.10. The molecule has 3 aromatic rings. The number of nitrogens with zero attached hydrogens (tertiary/aromatic N) is 3. The summed E-state index contributed by atoms with van der Waals surface area (Å²) in [6.07, 6.45) is 3.85. The van der Waals surface area contributed by atoms with E-state index in [1.165, 1.54) is 0 Å². The lowest BCUT2D eigenvalue weighted by Crippen LogP contribution is -2.43. The van der Waals surface area contributed by atoms with Crippen LogP contribution in [0.3, 0.4) is 0 Å². The molecule has 0 bridgehead atoms. The van der Waals surface area contributed by atoms with E-state index < -0.39 is 0 Å². The summed E-state index contributed by atoms with van der Waals surface area (Å²) in [5.41, 5.74) is 7.96. The van der Waals surface area contributed by atoms with Crippen molar-refractivity contribution in [3.8, 4) is 5.69 Å². The van der Waals surface area contributed by atoms with Crippen molar-refractivity contribution in [2.24, 2.45) is 0 Å². The minimum atomic E-state index is -0.374. The molecule has 0 atom stereocenters. The maximum absolute atomic E-state index is 12.1. The molecule has 0 saturated heterocycles. The molecule has 0 unspecified atom stereocenters. The highest BCUT2D eigenvalue weighted by molar-refractivity contribution is 5.95. The molecule has 7 heteroatoms. The van der Waals surface area contributed by atoms with Gasteiger partial charge in [-0.1, -0.05) is 0 Å². The van der Waals surface area contributed by atoms with E-state index in [2.05, 4.69) is 16.0 Å². The predicted octanol–water partition coefficient (Wildman–Crippen LogP) is 1.75. The molecule has 0 fully saturated rings. The third kappa shape index (κ3) is 3.95. The molecule has 0 aliphatic rings. The SMILES string of the molecule is Cc1cc(C)n(CC(=O)NNC(=O)c2ccc(-n3cccc3)cc2)n1. The van der Waals surface area contributed by atoms with Gasteiger partial charge in [0.25, 0.3) is 11.8 Å². The van der Waals surface area contributed by atoms with E-state index in [-0.39, 0.29) is 18.4 Å². The smallest absolute Gasteiger partial charge is 0.269 e. The van der Waals surface area contributed by atoms with Gasteiger partial charge in [0, 0.05) is 29.3 Å². The van der Waals surface area contributed by atoms with Gasteiger partial charge in [0.05, 0.1) is 5.69 Å². The molecular weight excluding hydrogens is 318 g/mol. The standard InChI is InChI=1S/C18H19N5O2/c1-13-11-14(2)23(21-13)12-17(24)19-20-18(25)15-5-7-16(8-6-15)22-9-3-4-10-22/h3-11H,12H2,1-2H3,(H,19,24)(H,20,25). The van der Waals surface area contributed by atoms with Crippen LogP contribution in [0.5, 0.6) is 0 Å². The van der Waals surface area contributed by atoms with Gasteiger partial charge in [-0.15, -0.1) is 0 Å². The van der Waals surface area contributed by atoms with E-state index in [4.69, 9.17) is 0 Å². The van der Waals surface area contributed by atoms with Crippen molar-refractivity contribution >= 4 is 11.8 Å². The van der Waals surface area contributed by atoms with Crippen LogP contribution in [-0.4, -0.2) is 26.2 Å². The van der Waals surface area contributed by atoms with Crippen LogP contribution in [-0.2, 0) is 11.3 Å². The Morgan fingerprint density at radius 3 is 2.32 bits per heavy atom. The zero-order valence-corrected chi connectivity index (χ0v) is 14.1. The number of nitrogens with one attached hydrogen (secondary N) is 2. The Kier molecular flexibility index (Phi) is 4.65. The van der Waals surface area contributed by atoms with Crippen molar-refractivity contribution in [1.82, 2.24) is 25.2 Å². The lowest BCUT2D eigenvalue weighted by molar-refractivity contribution is -0.122. The second-order valence-electron chi connectivity index (χ2n) is 5.72. The van der Waals surface area contributed by atoms with E-state index in [1.807, 2.05) is 61.1 Å². The molecule has 0 radical (unpaired) electrons. The largest absolute Gasteiger partial charge is 0.324 e. The first-order valence-corrected chi connectivity index (χ1v) is 7.86. The summed E-state index contributed by atoms with van der Waals surface area (Å²) in [6.45, 7) is 3.78. The Morgan fingerprint density at radius 1 is 1.04 bits per heavy atom. The van der Waals surface area contributed by atoms with Gasteiger partial charge in [0.15, 0.2) is 0 Å². The number of aromatic nitrogens is 3. The van der Waals surface area contributed by atoms with Gasteiger partial charge >= 0.3 is 0 Å². The molecule has 7 nitrogen and oxygen atoms in total. The normalized spacial score (nSPS) is 10.5. The summed E-state index contributed by atoms with van der Waals surface area (Å²) in [4.78, 5) is 24.0. The van der Waals surface area contributed by atoms with Crippen LogP contribution in [0.1, 0.15) is 21.7 Å². The average Bonchev–Trinajstić information content (AvgIpc) is 3.23. The van der Waals surface area contributed by atoms with Crippen molar-refractivity contribution in [3.05, 3.63) is 71.8 Å². The van der Waals surface area contributed by atoms with Crippen molar-refractivity contribution < 1.29 is 9.59 Å². The molecule has 2 heterocycles. The molecule has 2 amide bonds. The fourth-order valence-corrected chi connectivity index (χ4v) is 2.50. The molecule has 0 saturated carbocycles. The lowest BCUT2D eigenvalue weighted by Gasteiger charge is -2.09. The van der Waals surface area contributed by atoms with E-state index >= 15 is 0 Å². The number of carbonyl (C=O) groups is 2. The topological polar surface area (TPSA) is 81.0 Å². The number of benzene rings is 1. The minimum Gasteiger partial charge on any atom is -0.324 e. The number of hydrogen-bond donors (Lipinski definition) is 2. The molecule has 0 aliphatic carbocycles. The molecule has 25 heavy (non-hydrogen) atoms. The summed E-state index contributed by atoms with van der Waals surface area (Å²) in [5, 5.41) is 4.21. The second kappa shape index (κ2) is 7.04. The quantitative estimate of drug-likeness (QED) is 0.712. The fraction of sp³-hybridized carbons (Fsp3) is 0.167. The maximum Gasteiger partial charge on any atom is 0.269 e. The van der Waals surface area contributed by atoms with Crippen molar-refractivity contribution in [3.63, 3.8) is 0 Å². The van der Waals surface area contributed by atoms with Gasteiger partial charge in [-0.05, 0) is 56.3 Å². The van der Waals surface area contributed by atoms with Crippen LogP contribution in [0.4, 0.5) is 0 Å². The van der Waals surface area contributed by atoms with E-state index in [1.54, 1.807) is 16.8 Å². The highest BCUT2D eigenvalue weighted by Crippen LogP contribution is 2.09. The minimum absolute atomic E-state index is 0.0481. The predicted molar refractivity (Wildman–Crippen MR) is 93.1 cm³/mol. The van der Waals surface area contributed by atoms with Gasteiger partial charge in [-0.2, -0.15) is 5.10 Å². The summed E-state index contributed by atoms with van der Waals surface area (Å²) < 4.78 is 3.53. The first-order valence-electron chi connectivity index (χ1n) is 7.86. The average molecular weight is 337 g/mol. The molecule has 2 aromatic heterocycles. The molecular formula is C18H19N5O2. The third-order valence-corrected chi connectivity index (χ3v) is 3.74. The highest BCUT2D eigenvalue weighted by atomic mass is 16.2. The first kappa shape index (κ1) is 16.5. The molecule has 2 N–H and O–H groups in total. The maximum atomic E-state index is 12.1. The Labute approximate surface area is 145 Å². The molecule has 0 aliphatic heterocycles. The first-order chi connectivity index (χ1) is 12.0. The van der Waals surface area contributed by atoms with Crippen LogP contribution >= 0.6 is 0 Å². The monoisotopic (exact) mass is 337 g/mol. The van der Waals surface area contributed by atoms with Crippen LogP contribution < -0.4 is 10.9 Å². The summed E-state index contributed by atoms with van der Waals surface area (Å²) in [6, 6.07) is 12.8. The second-order valence-corrected chi connectivity index (χ2v) is 5.72. The Bertz CT molecular complexity index is 879. The Hall–Kier alpha value is -3.35. The van der Waals surface area contributed by atoms with Gasteiger partial charge in [-0.25, -0.2) is 0 Å². The van der Waals surface area contributed by atoms with Gasteiger partial charge in [0.2, 0.25) is 0 Å². The van der Waals surface area contributed by atoms with E-state index in [9.17, 15) is 9.59 Å². The van der Waals surface area contributed by atoms with Crippen LogP contribution in [0.25, 0.3) is 5.69 Å². The number of hydrazine groups is 1. The summed E-state index contributed by atoms with van der Waals surface area (Å²) in [7, 11) is 0. The molecule has 128 valence electrons. The van der Waals surface area contributed by atoms with E-state index in [0.29, 0.717) is 5.56 Å². The molecule has 1 aromatic carbocycles. The Balaban J connectivity index is 1.55. The number of hydrogen-bond acceptors (Lipinski definition) is 3. The van der Waals surface area contributed by atoms with Gasteiger partial charge in [0.1, 0.15) is 6.54 Å². The lowest BCUT2D eigenvalue weighted by atomic mass is 10.2. The van der Waals surface area contributed by atoms with E-state index in [0.717, 1.165) is 17.1 Å².